The Bertz CT molecular complexity index is 666. The van der Waals surface area contributed by atoms with Crippen LogP contribution >= 0.6 is 34.3 Å². The van der Waals surface area contributed by atoms with Crippen molar-refractivity contribution in [2.75, 3.05) is 18.5 Å². The van der Waals surface area contributed by atoms with Crippen LogP contribution in [0.1, 0.15) is 20.2 Å². The van der Waals surface area contributed by atoms with Crippen LogP contribution in [-0.2, 0) is 4.74 Å². The molecule has 2 aromatic heterocycles. The zero-order chi connectivity index (χ0) is 15.2. The summed E-state index contributed by atoms with van der Waals surface area (Å²) in [5, 5.41) is 5.13. The van der Waals surface area contributed by atoms with E-state index >= 15 is 0 Å². The molecule has 0 aliphatic heterocycles. The topological polar surface area (TPSA) is 68.3 Å². The highest BCUT2D eigenvalue weighted by Gasteiger charge is 2.15. The van der Waals surface area contributed by atoms with Crippen LogP contribution in [0.4, 0.5) is 5.13 Å². The Kier molecular flexibility index (Phi) is 5.49. The molecular formula is C13H11ClN2O3S2. The minimum atomic E-state index is -0.631. The lowest BCUT2D eigenvalue weighted by Crippen LogP contribution is -2.13. The van der Waals surface area contributed by atoms with Gasteiger partial charge in [-0.2, -0.15) is 0 Å². The number of carbonyl (C=O) groups is 2. The molecule has 0 saturated carbocycles. The first-order valence-electron chi connectivity index (χ1n) is 5.86. The maximum Gasteiger partial charge on any atom is 0.358 e. The first kappa shape index (κ1) is 15.7. The van der Waals surface area contributed by atoms with Crippen LogP contribution in [0.2, 0.25) is 4.34 Å². The van der Waals surface area contributed by atoms with Crippen molar-refractivity contribution < 1.29 is 14.3 Å². The van der Waals surface area contributed by atoms with Gasteiger partial charge in [0, 0.05) is 11.9 Å². The van der Waals surface area contributed by atoms with Gasteiger partial charge in [0.15, 0.2) is 17.4 Å². The van der Waals surface area contributed by atoms with Crippen LogP contribution in [0.25, 0.3) is 0 Å². The summed E-state index contributed by atoms with van der Waals surface area (Å²) in [5.74, 6) is -0.922. The molecule has 0 fully saturated rings. The van der Waals surface area contributed by atoms with E-state index in [1.54, 1.807) is 23.6 Å². The minimum absolute atomic E-state index is 0.170. The molecule has 2 rings (SSSR count). The maximum atomic E-state index is 11.8. The second kappa shape index (κ2) is 7.35. The van der Waals surface area contributed by atoms with Crippen molar-refractivity contribution in [3.05, 3.63) is 45.1 Å². The van der Waals surface area contributed by atoms with E-state index in [9.17, 15) is 9.59 Å². The summed E-state index contributed by atoms with van der Waals surface area (Å²) in [4.78, 5) is 28.1. The Hall–Kier alpha value is -1.70. The number of rotatable bonds is 7. The zero-order valence-corrected chi connectivity index (χ0v) is 13.2. The molecule has 0 amide bonds. The van der Waals surface area contributed by atoms with Crippen molar-refractivity contribution in [2.45, 2.75) is 0 Å². The van der Waals surface area contributed by atoms with Gasteiger partial charge in [-0.15, -0.1) is 29.3 Å². The molecule has 0 bridgehead atoms. The van der Waals surface area contributed by atoms with Crippen molar-refractivity contribution in [2.24, 2.45) is 0 Å². The number of Topliss-reactive ketones (excluding diaryl/α,β-unsaturated/α-hetero) is 1. The molecule has 8 heteroatoms. The van der Waals surface area contributed by atoms with E-state index in [1.165, 1.54) is 11.3 Å². The van der Waals surface area contributed by atoms with E-state index in [2.05, 4.69) is 16.9 Å². The molecule has 0 aliphatic rings. The summed E-state index contributed by atoms with van der Waals surface area (Å²) in [6.07, 6.45) is 1.68. The van der Waals surface area contributed by atoms with Crippen molar-refractivity contribution in [1.82, 2.24) is 4.98 Å². The molecule has 21 heavy (non-hydrogen) atoms. The molecule has 2 aromatic rings. The molecule has 2 heterocycles. The van der Waals surface area contributed by atoms with Gasteiger partial charge in [0.2, 0.25) is 5.78 Å². The van der Waals surface area contributed by atoms with Crippen LogP contribution in [0.15, 0.2) is 30.2 Å². The molecule has 1 N–H and O–H groups in total. The summed E-state index contributed by atoms with van der Waals surface area (Å²) in [5.41, 5.74) is 0.170. The Labute approximate surface area is 134 Å². The summed E-state index contributed by atoms with van der Waals surface area (Å²) < 4.78 is 5.46. The SMILES string of the molecule is C=CCNc1nc(C(=O)OCC(=O)c2ccc(Cl)s2)cs1. The van der Waals surface area contributed by atoms with Crippen LogP contribution < -0.4 is 5.32 Å². The summed E-state index contributed by atoms with van der Waals surface area (Å²) in [7, 11) is 0. The summed E-state index contributed by atoms with van der Waals surface area (Å²) in [6.45, 7) is 3.80. The number of hydrogen-bond acceptors (Lipinski definition) is 7. The number of carbonyl (C=O) groups excluding carboxylic acids is 2. The number of thiophene rings is 1. The molecular weight excluding hydrogens is 332 g/mol. The van der Waals surface area contributed by atoms with Gasteiger partial charge in [0.1, 0.15) is 0 Å². The van der Waals surface area contributed by atoms with E-state index in [0.717, 1.165) is 11.3 Å². The number of thiazole rings is 1. The highest BCUT2D eigenvalue weighted by atomic mass is 35.5. The van der Waals surface area contributed by atoms with Crippen LogP contribution in [0.5, 0.6) is 0 Å². The summed E-state index contributed by atoms with van der Waals surface area (Å²) in [6, 6.07) is 3.22. The fourth-order valence-corrected chi connectivity index (χ4v) is 3.01. The van der Waals surface area contributed by atoms with Gasteiger partial charge < -0.3 is 10.1 Å². The van der Waals surface area contributed by atoms with E-state index < -0.39 is 5.97 Å². The quantitative estimate of drug-likeness (QED) is 0.474. The van der Waals surface area contributed by atoms with Gasteiger partial charge in [-0.05, 0) is 12.1 Å². The highest BCUT2D eigenvalue weighted by Crippen LogP contribution is 2.22. The number of nitrogens with one attached hydrogen (secondary N) is 1. The lowest BCUT2D eigenvalue weighted by molar-refractivity contribution is 0.0471. The fraction of sp³-hybridized carbons (Fsp3) is 0.154. The van der Waals surface area contributed by atoms with Gasteiger partial charge in [0.05, 0.1) is 9.21 Å². The molecule has 0 atom stereocenters. The van der Waals surface area contributed by atoms with Crippen LogP contribution in [-0.4, -0.2) is 29.9 Å². The molecule has 0 spiro atoms. The molecule has 5 nitrogen and oxygen atoms in total. The monoisotopic (exact) mass is 342 g/mol. The number of ketones is 1. The van der Waals surface area contributed by atoms with Gasteiger partial charge in [-0.1, -0.05) is 17.7 Å². The van der Waals surface area contributed by atoms with E-state index in [0.29, 0.717) is 20.9 Å². The average molecular weight is 343 g/mol. The van der Waals surface area contributed by atoms with E-state index in [1.807, 2.05) is 0 Å². The largest absolute Gasteiger partial charge is 0.453 e. The smallest absolute Gasteiger partial charge is 0.358 e. The van der Waals surface area contributed by atoms with E-state index in [-0.39, 0.29) is 18.1 Å². The number of halogens is 1. The summed E-state index contributed by atoms with van der Waals surface area (Å²) >= 11 is 8.17. The van der Waals surface area contributed by atoms with Gasteiger partial charge >= 0.3 is 5.97 Å². The normalized spacial score (nSPS) is 10.1. The number of ether oxygens (including phenoxy) is 1. The van der Waals surface area contributed by atoms with E-state index in [4.69, 9.17) is 16.3 Å². The second-order valence-corrected chi connectivity index (χ2v) is 6.38. The Morgan fingerprint density at radius 2 is 2.29 bits per heavy atom. The van der Waals surface area contributed by atoms with Crippen molar-refractivity contribution in [3.63, 3.8) is 0 Å². The molecule has 0 unspecified atom stereocenters. The average Bonchev–Trinajstić information content (AvgIpc) is 3.11. The van der Waals surface area contributed by atoms with Gasteiger partial charge in [-0.3, -0.25) is 4.79 Å². The minimum Gasteiger partial charge on any atom is -0.453 e. The fourth-order valence-electron chi connectivity index (χ4n) is 1.35. The molecule has 110 valence electrons. The van der Waals surface area contributed by atoms with Gasteiger partial charge in [0.25, 0.3) is 0 Å². The predicted octanol–water partition coefficient (Wildman–Crippen LogP) is 3.50. The van der Waals surface area contributed by atoms with Crippen molar-refractivity contribution in [1.29, 1.82) is 0 Å². The van der Waals surface area contributed by atoms with Crippen molar-refractivity contribution >= 4 is 51.2 Å². The van der Waals surface area contributed by atoms with Crippen LogP contribution in [0.3, 0.4) is 0 Å². The third-order valence-electron chi connectivity index (χ3n) is 2.29. The zero-order valence-electron chi connectivity index (χ0n) is 10.8. The second-order valence-electron chi connectivity index (χ2n) is 3.81. The Morgan fingerprint density at radius 3 is 2.95 bits per heavy atom. The number of esters is 1. The molecule has 0 radical (unpaired) electrons. The number of aromatic nitrogens is 1. The first-order chi connectivity index (χ1) is 10.1. The predicted molar refractivity (Wildman–Crippen MR) is 84.7 cm³/mol. The maximum absolute atomic E-state index is 11.8. The molecule has 0 aliphatic carbocycles. The molecule has 0 aromatic carbocycles. The first-order valence-corrected chi connectivity index (χ1v) is 7.93. The molecule has 0 saturated heterocycles. The third kappa shape index (κ3) is 4.38. The number of nitrogens with zero attached hydrogens (tertiary/aromatic N) is 1. The van der Waals surface area contributed by atoms with Gasteiger partial charge in [-0.25, -0.2) is 9.78 Å². The number of hydrogen-bond donors (Lipinski definition) is 1. The lowest BCUT2D eigenvalue weighted by atomic mass is 10.3. The number of anilines is 1. The Balaban J connectivity index is 1.88. The van der Waals surface area contributed by atoms with Crippen LogP contribution in [0, 0.1) is 0 Å². The van der Waals surface area contributed by atoms with Crippen molar-refractivity contribution in [3.8, 4) is 0 Å². The standard InChI is InChI=1S/C13H11ClN2O3S2/c1-2-5-15-13-16-8(7-20-13)12(18)19-6-9(17)10-3-4-11(14)21-10/h2-4,7H,1,5-6H2,(H,15,16). The lowest BCUT2D eigenvalue weighted by Gasteiger charge is -2.00. The highest BCUT2D eigenvalue weighted by molar-refractivity contribution is 7.18. The third-order valence-corrected chi connectivity index (χ3v) is 4.37. The Morgan fingerprint density at radius 1 is 1.48 bits per heavy atom.